The second-order valence-electron chi connectivity index (χ2n) is 7.89. The molecular formula is C23H26ClN3O4S. The zero-order valence-electron chi connectivity index (χ0n) is 18.2. The van der Waals surface area contributed by atoms with Crippen LogP contribution in [0.25, 0.3) is 0 Å². The lowest BCUT2D eigenvalue weighted by Gasteiger charge is -2.29. The zero-order valence-corrected chi connectivity index (χ0v) is 19.7. The van der Waals surface area contributed by atoms with Crippen molar-refractivity contribution < 1.29 is 19.1 Å². The molecule has 1 fully saturated rings. The van der Waals surface area contributed by atoms with Crippen molar-refractivity contribution in [3.8, 4) is 11.5 Å². The van der Waals surface area contributed by atoms with Gasteiger partial charge in [-0.15, -0.1) is 0 Å². The normalized spacial score (nSPS) is 23.7. The highest BCUT2D eigenvalue weighted by molar-refractivity contribution is 7.98. The highest BCUT2D eigenvalue weighted by atomic mass is 35.5. The molecule has 0 aliphatic carbocycles. The Bertz CT molecular complexity index is 1050. The van der Waals surface area contributed by atoms with Gasteiger partial charge in [-0.25, -0.2) is 0 Å². The van der Waals surface area contributed by atoms with Crippen LogP contribution in [0.1, 0.15) is 18.4 Å². The van der Waals surface area contributed by atoms with Crippen LogP contribution in [0, 0.1) is 5.92 Å². The first kappa shape index (κ1) is 22.8. The van der Waals surface area contributed by atoms with Gasteiger partial charge in [0.05, 0.1) is 36.5 Å². The molecule has 2 aliphatic heterocycles. The van der Waals surface area contributed by atoms with Crippen LogP contribution in [0.2, 0.25) is 5.02 Å². The van der Waals surface area contributed by atoms with Crippen LogP contribution in [0.5, 0.6) is 11.5 Å². The van der Waals surface area contributed by atoms with Crippen molar-refractivity contribution in [3.63, 3.8) is 0 Å². The number of hydrogen-bond acceptors (Lipinski definition) is 6. The molecule has 3 unspecified atom stereocenters. The van der Waals surface area contributed by atoms with Gasteiger partial charge in [-0.1, -0.05) is 23.7 Å². The molecule has 3 atom stereocenters. The number of ether oxygens (including phenoxy) is 2. The van der Waals surface area contributed by atoms with E-state index in [1.807, 2.05) is 12.3 Å². The number of anilines is 2. The molecule has 9 heteroatoms. The monoisotopic (exact) mass is 475 g/mol. The lowest BCUT2D eigenvalue weighted by atomic mass is 9.79. The molecule has 7 nitrogen and oxygen atoms in total. The van der Waals surface area contributed by atoms with Crippen molar-refractivity contribution in [1.29, 1.82) is 0 Å². The van der Waals surface area contributed by atoms with Crippen molar-refractivity contribution in [1.82, 2.24) is 5.32 Å². The molecular weight excluding hydrogens is 450 g/mol. The first-order valence-corrected chi connectivity index (χ1v) is 12.1. The van der Waals surface area contributed by atoms with Crippen LogP contribution in [-0.2, 0) is 15.1 Å². The minimum Gasteiger partial charge on any atom is -0.497 e. The number of thioether (sulfide) groups is 1. The van der Waals surface area contributed by atoms with E-state index in [0.29, 0.717) is 39.9 Å². The van der Waals surface area contributed by atoms with E-state index < -0.39 is 11.5 Å². The van der Waals surface area contributed by atoms with E-state index in [2.05, 4.69) is 16.0 Å². The largest absolute Gasteiger partial charge is 0.497 e. The number of hydrogen-bond donors (Lipinski definition) is 3. The summed E-state index contributed by atoms with van der Waals surface area (Å²) < 4.78 is 10.7. The van der Waals surface area contributed by atoms with Gasteiger partial charge in [0, 0.05) is 17.7 Å². The Morgan fingerprint density at radius 1 is 1.28 bits per heavy atom. The quantitative estimate of drug-likeness (QED) is 0.563. The number of rotatable bonds is 7. The van der Waals surface area contributed by atoms with Gasteiger partial charge in [0.25, 0.3) is 0 Å². The maximum atomic E-state index is 13.6. The van der Waals surface area contributed by atoms with Gasteiger partial charge < -0.3 is 20.1 Å². The van der Waals surface area contributed by atoms with Gasteiger partial charge >= 0.3 is 0 Å². The number of para-hydroxylation sites is 1. The summed E-state index contributed by atoms with van der Waals surface area (Å²) in [5.74, 6) is 0.871. The molecule has 0 radical (unpaired) electrons. The Labute approximate surface area is 196 Å². The fraction of sp³-hybridized carbons (Fsp3) is 0.391. The molecule has 2 heterocycles. The summed E-state index contributed by atoms with van der Waals surface area (Å²) in [6.07, 6.45) is 3.41. The summed E-state index contributed by atoms with van der Waals surface area (Å²) in [5.41, 5.74) is 0.581. The van der Waals surface area contributed by atoms with E-state index in [1.165, 1.54) is 7.11 Å². The Kier molecular flexibility index (Phi) is 6.55. The predicted octanol–water partition coefficient (Wildman–Crippen LogP) is 3.87. The summed E-state index contributed by atoms with van der Waals surface area (Å²) in [4.78, 5) is 27.0. The Morgan fingerprint density at radius 3 is 2.81 bits per heavy atom. The molecule has 2 aliphatic rings. The van der Waals surface area contributed by atoms with Gasteiger partial charge in [-0.2, -0.15) is 11.8 Å². The molecule has 1 spiro atoms. The summed E-state index contributed by atoms with van der Waals surface area (Å²) in [5, 5.41) is 9.83. The fourth-order valence-electron chi connectivity index (χ4n) is 4.63. The van der Waals surface area contributed by atoms with Gasteiger partial charge in [-0.3, -0.25) is 14.9 Å². The van der Waals surface area contributed by atoms with Crippen LogP contribution in [-0.4, -0.2) is 44.1 Å². The molecule has 4 rings (SSSR count). The van der Waals surface area contributed by atoms with Crippen molar-refractivity contribution in [2.75, 3.05) is 36.9 Å². The lowest BCUT2D eigenvalue weighted by molar-refractivity contribution is -0.130. The smallest absolute Gasteiger partial charge is 0.250 e. The highest BCUT2D eigenvalue weighted by Crippen LogP contribution is 2.50. The maximum absolute atomic E-state index is 13.6. The molecule has 0 aromatic heterocycles. The first-order valence-electron chi connectivity index (χ1n) is 10.3. The number of halogens is 1. The van der Waals surface area contributed by atoms with E-state index >= 15 is 0 Å². The SMILES string of the molecule is COc1ccc(OC)c(NC(=O)C2CC(CCSC)NC23C(=O)Nc2c(Cl)cccc23)c1. The average Bonchev–Trinajstić information content (AvgIpc) is 3.32. The minimum atomic E-state index is -1.18. The zero-order chi connectivity index (χ0) is 22.9. The second-order valence-corrected chi connectivity index (χ2v) is 9.28. The molecule has 2 amide bonds. The van der Waals surface area contributed by atoms with E-state index in [0.717, 1.165) is 12.2 Å². The Balaban J connectivity index is 1.72. The number of nitrogens with one attached hydrogen (secondary N) is 3. The first-order chi connectivity index (χ1) is 15.4. The summed E-state index contributed by atoms with van der Waals surface area (Å²) in [6, 6.07) is 10.6. The lowest BCUT2D eigenvalue weighted by Crippen LogP contribution is -2.52. The number of carbonyl (C=O) groups excluding carboxylic acids is 2. The van der Waals surface area contributed by atoms with Gasteiger partial charge in [-0.05, 0) is 43.0 Å². The number of amides is 2. The molecule has 2 aromatic carbocycles. The third-order valence-corrected chi connectivity index (χ3v) is 7.12. The summed E-state index contributed by atoms with van der Waals surface area (Å²) in [7, 11) is 3.10. The number of carbonyl (C=O) groups is 2. The second kappa shape index (κ2) is 9.21. The Hall–Kier alpha value is -2.42. The van der Waals surface area contributed by atoms with E-state index in [1.54, 1.807) is 49.2 Å². The molecule has 2 aromatic rings. The fourth-order valence-corrected chi connectivity index (χ4v) is 5.37. The van der Waals surface area contributed by atoms with Crippen LogP contribution >= 0.6 is 23.4 Å². The molecule has 0 bridgehead atoms. The van der Waals surface area contributed by atoms with Crippen molar-refractivity contribution in [2.24, 2.45) is 5.92 Å². The highest BCUT2D eigenvalue weighted by Gasteiger charge is 2.60. The van der Waals surface area contributed by atoms with Crippen LogP contribution in [0.4, 0.5) is 11.4 Å². The van der Waals surface area contributed by atoms with Crippen molar-refractivity contribution in [3.05, 3.63) is 47.0 Å². The molecule has 0 saturated carbocycles. The third kappa shape index (κ3) is 3.80. The maximum Gasteiger partial charge on any atom is 0.250 e. The van der Waals surface area contributed by atoms with Crippen LogP contribution in [0.15, 0.2) is 36.4 Å². The van der Waals surface area contributed by atoms with E-state index in [-0.39, 0.29) is 17.9 Å². The third-order valence-electron chi connectivity index (χ3n) is 6.16. The number of methoxy groups -OCH3 is 2. The predicted molar refractivity (Wildman–Crippen MR) is 128 cm³/mol. The number of fused-ring (bicyclic) bond motifs is 2. The van der Waals surface area contributed by atoms with Crippen molar-refractivity contribution in [2.45, 2.75) is 24.4 Å². The Morgan fingerprint density at radius 2 is 2.09 bits per heavy atom. The standard InChI is InChI=1S/C23H26ClN3O4S/c1-30-14-7-8-19(31-2)18(12-14)25-21(28)16-11-13(9-10-32-3)27-23(16)15-5-4-6-17(24)20(15)26-22(23)29/h4-8,12-13,16,27H,9-11H2,1-3H3,(H,25,28)(H,26,29). The average molecular weight is 476 g/mol. The molecule has 170 valence electrons. The summed E-state index contributed by atoms with van der Waals surface area (Å²) >= 11 is 8.11. The van der Waals surface area contributed by atoms with Gasteiger partial charge in [0.15, 0.2) is 0 Å². The summed E-state index contributed by atoms with van der Waals surface area (Å²) in [6.45, 7) is 0. The topological polar surface area (TPSA) is 88.7 Å². The number of benzene rings is 2. The molecule has 3 N–H and O–H groups in total. The molecule has 32 heavy (non-hydrogen) atoms. The van der Waals surface area contributed by atoms with Gasteiger partial charge in [0.1, 0.15) is 17.0 Å². The minimum absolute atomic E-state index is 0.0149. The molecule has 1 saturated heterocycles. The van der Waals surface area contributed by atoms with Crippen LogP contribution < -0.4 is 25.4 Å². The van der Waals surface area contributed by atoms with E-state index in [9.17, 15) is 9.59 Å². The van der Waals surface area contributed by atoms with Crippen LogP contribution in [0.3, 0.4) is 0 Å². The van der Waals surface area contributed by atoms with E-state index in [4.69, 9.17) is 21.1 Å². The van der Waals surface area contributed by atoms with Gasteiger partial charge in [0.2, 0.25) is 11.8 Å². The van der Waals surface area contributed by atoms with Crippen molar-refractivity contribution >= 4 is 46.6 Å².